The lowest BCUT2D eigenvalue weighted by Gasteiger charge is -2.11. The minimum Gasteiger partial charge on any atom is -0.472 e. The van der Waals surface area contributed by atoms with Crippen molar-refractivity contribution in [2.75, 3.05) is 6.54 Å². The van der Waals surface area contributed by atoms with Gasteiger partial charge < -0.3 is 14.7 Å². The first-order chi connectivity index (χ1) is 9.34. The van der Waals surface area contributed by atoms with Gasteiger partial charge in [0.15, 0.2) is 0 Å². The number of rotatable bonds is 5. The maximum absolute atomic E-state index is 5.10. The van der Waals surface area contributed by atoms with Gasteiger partial charge in [-0.1, -0.05) is 18.2 Å². The number of fused-ring (bicyclic) bond motifs is 1. The third-order valence-electron chi connectivity index (χ3n) is 3.56. The molecule has 19 heavy (non-hydrogen) atoms. The van der Waals surface area contributed by atoms with Gasteiger partial charge in [0.1, 0.15) is 0 Å². The molecule has 2 aromatic heterocycles. The van der Waals surface area contributed by atoms with Crippen LogP contribution in [0.25, 0.3) is 10.9 Å². The summed E-state index contributed by atoms with van der Waals surface area (Å²) in [5.74, 6) is 0. The quantitative estimate of drug-likeness (QED) is 0.729. The van der Waals surface area contributed by atoms with Crippen molar-refractivity contribution in [2.45, 2.75) is 19.4 Å². The summed E-state index contributed by atoms with van der Waals surface area (Å²) in [7, 11) is 0. The standard InChI is InChI=1S/C16H18N2O/c1-12(14-7-9-19-11-14)17-8-6-13-10-18-16-5-3-2-4-15(13)16/h2-5,7,9-12,17-18H,6,8H2,1H3. The Balaban J connectivity index is 1.61. The van der Waals surface area contributed by atoms with Crippen molar-refractivity contribution in [1.82, 2.24) is 10.3 Å². The van der Waals surface area contributed by atoms with Crippen LogP contribution in [0.5, 0.6) is 0 Å². The van der Waals surface area contributed by atoms with Crippen LogP contribution >= 0.6 is 0 Å². The van der Waals surface area contributed by atoms with Gasteiger partial charge in [-0.05, 0) is 37.6 Å². The number of hydrogen-bond donors (Lipinski definition) is 2. The van der Waals surface area contributed by atoms with E-state index in [2.05, 4.69) is 47.7 Å². The highest BCUT2D eigenvalue weighted by Gasteiger charge is 2.07. The zero-order valence-electron chi connectivity index (χ0n) is 11.0. The predicted molar refractivity (Wildman–Crippen MR) is 77.1 cm³/mol. The van der Waals surface area contributed by atoms with Gasteiger partial charge in [0.05, 0.1) is 12.5 Å². The molecular formula is C16H18N2O. The molecule has 0 amide bonds. The molecule has 3 heteroatoms. The van der Waals surface area contributed by atoms with E-state index in [-0.39, 0.29) is 0 Å². The van der Waals surface area contributed by atoms with Crippen LogP contribution < -0.4 is 5.32 Å². The summed E-state index contributed by atoms with van der Waals surface area (Å²) in [6, 6.07) is 10.7. The highest BCUT2D eigenvalue weighted by atomic mass is 16.3. The van der Waals surface area contributed by atoms with Gasteiger partial charge in [-0.2, -0.15) is 0 Å². The third kappa shape index (κ3) is 2.56. The number of aromatic amines is 1. The highest BCUT2D eigenvalue weighted by Crippen LogP contribution is 2.18. The van der Waals surface area contributed by atoms with Crippen LogP contribution in [0.4, 0.5) is 0 Å². The summed E-state index contributed by atoms with van der Waals surface area (Å²) in [6.07, 6.45) is 6.64. The van der Waals surface area contributed by atoms with Crippen molar-refractivity contribution in [1.29, 1.82) is 0 Å². The van der Waals surface area contributed by atoms with Crippen LogP contribution in [0.1, 0.15) is 24.1 Å². The number of hydrogen-bond acceptors (Lipinski definition) is 2. The van der Waals surface area contributed by atoms with E-state index in [4.69, 9.17) is 4.42 Å². The van der Waals surface area contributed by atoms with Gasteiger partial charge in [-0.15, -0.1) is 0 Å². The summed E-state index contributed by atoms with van der Waals surface area (Å²) in [5, 5.41) is 4.83. The van der Waals surface area contributed by atoms with Crippen molar-refractivity contribution >= 4 is 10.9 Å². The normalized spacial score (nSPS) is 12.9. The molecule has 0 radical (unpaired) electrons. The first kappa shape index (κ1) is 12.1. The van der Waals surface area contributed by atoms with Gasteiger partial charge in [-0.25, -0.2) is 0 Å². The van der Waals surface area contributed by atoms with E-state index in [1.165, 1.54) is 22.0 Å². The van der Waals surface area contributed by atoms with Gasteiger partial charge in [0, 0.05) is 28.7 Å². The van der Waals surface area contributed by atoms with Crippen molar-refractivity contribution in [3.05, 3.63) is 60.2 Å². The Morgan fingerprint density at radius 3 is 3.00 bits per heavy atom. The lowest BCUT2D eigenvalue weighted by Crippen LogP contribution is -2.20. The average Bonchev–Trinajstić information content (AvgIpc) is 3.08. The Morgan fingerprint density at radius 1 is 1.26 bits per heavy atom. The fourth-order valence-corrected chi connectivity index (χ4v) is 2.40. The number of benzene rings is 1. The molecule has 3 aromatic rings. The van der Waals surface area contributed by atoms with Crippen LogP contribution in [0.3, 0.4) is 0 Å². The molecule has 1 atom stereocenters. The molecule has 3 nitrogen and oxygen atoms in total. The van der Waals surface area contributed by atoms with Crippen molar-refractivity contribution in [2.24, 2.45) is 0 Å². The molecule has 0 saturated carbocycles. The van der Waals surface area contributed by atoms with Gasteiger partial charge in [0.25, 0.3) is 0 Å². The molecule has 0 saturated heterocycles. The fourth-order valence-electron chi connectivity index (χ4n) is 2.40. The molecule has 0 spiro atoms. The number of furan rings is 1. The lowest BCUT2D eigenvalue weighted by molar-refractivity contribution is 0.540. The number of para-hydroxylation sites is 1. The van der Waals surface area contributed by atoms with Crippen LogP contribution in [0, 0.1) is 0 Å². The molecule has 2 heterocycles. The minimum atomic E-state index is 0.323. The molecule has 0 aliphatic heterocycles. The first-order valence-electron chi connectivity index (χ1n) is 6.65. The van der Waals surface area contributed by atoms with Gasteiger partial charge in [-0.3, -0.25) is 0 Å². The zero-order valence-corrected chi connectivity index (χ0v) is 11.0. The Labute approximate surface area is 112 Å². The summed E-state index contributed by atoms with van der Waals surface area (Å²) >= 11 is 0. The summed E-state index contributed by atoms with van der Waals surface area (Å²) in [6.45, 7) is 3.11. The van der Waals surface area contributed by atoms with E-state index < -0.39 is 0 Å². The summed E-state index contributed by atoms with van der Waals surface area (Å²) < 4.78 is 5.10. The van der Waals surface area contributed by atoms with Crippen LogP contribution in [0.15, 0.2) is 53.5 Å². The first-order valence-corrected chi connectivity index (χ1v) is 6.65. The van der Waals surface area contributed by atoms with E-state index in [0.29, 0.717) is 6.04 Å². The average molecular weight is 254 g/mol. The Hall–Kier alpha value is -2.00. The smallest absolute Gasteiger partial charge is 0.0950 e. The minimum absolute atomic E-state index is 0.323. The van der Waals surface area contributed by atoms with E-state index in [0.717, 1.165) is 13.0 Å². The lowest BCUT2D eigenvalue weighted by atomic mass is 10.1. The Kier molecular flexibility index (Phi) is 3.38. The molecular weight excluding hydrogens is 236 g/mol. The molecule has 2 N–H and O–H groups in total. The van der Waals surface area contributed by atoms with Crippen LogP contribution in [-0.2, 0) is 6.42 Å². The van der Waals surface area contributed by atoms with E-state index in [9.17, 15) is 0 Å². The predicted octanol–water partition coefficient (Wildman–Crippen LogP) is 3.65. The Bertz CT molecular complexity index is 640. The second-order valence-electron chi connectivity index (χ2n) is 4.84. The second kappa shape index (κ2) is 5.33. The monoisotopic (exact) mass is 254 g/mol. The van der Waals surface area contributed by atoms with Crippen molar-refractivity contribution in [3.63, 3.8) is 0 Å². The molecule has 98 valence electrons. The molecule has 0 bridgehead atoms. The maximum atomic E-state index is 5.10. The number of aromatic nitrogens is 1. The number of H-pyrrole nitrogens is 1. The van der Waals surface area contributed by atoms with Crippen molar-refractivity contribution < 1.29 is 4.42 Å². The highest BCUT2D eigenvalue weighted by molar-refractivity contribution is 5.83. The van der Waals surface area contributed by atoms with Gasteiger partial charge >= 0.3 is 0 Å². The summed E-state index contributed by atoms with van der Waals surface area (Å²) in [4.78, 5) is 3.31. The van der Waals surface area contributed by atoms with Crippen LogP contribution in [-0.4, -0.2) is 11.5 Å². The maximum Gasteiger partial charge on any atom is 0.0950 e. The Morgan fingerprint density at radius 2 is 2.16 bits per heavy atom. The molecule has 3 rings (SSSR count). The molecule has 1 unspecified atom stereocenters. The van der Waals surface area contributed by atoms with Crippen molar-refractivity contribution in [3.8, 4) is 0 Å². The number of nitrogens with one attached hydrogen (secondary N) is 2. The topological polar surface area (TPSA) is 41.0 Å². The molecule has 1 aromatic carbocycles. The fraction of sp³-hybridized carbons (Fsp3) is 0.250. The zero-order chi connectivity index (χ0) is 13.1. The molecule has 0 aliphatic carbocycles. The van der Waals surface area contributed by atoms with Gasteiger partial charge in [0.2, 0.25) is 0 Å². The van der Waals surface area contributed by atoms with E-state index in [1.807, 2.05) is 6.07 Å². The van der Waals surface area contributed by atoms with Crippen LogP contribution in [0.2, 0.25) is 0 Å². The SMILES string of the molecule is CC(NCCc1c[nH]c2ccccc12)c1ccoc1. The van der Waals surface area contributed by atoms with E-state index in [1.54, 1.807) is 12.5 Å². The van der Waals surface area contributed by atoms with E-state index >= 15 is 0 Å². The summed E-state index contributed by atoms with van der Waals surface area (Å²) in [5.41, 5.74) is 3.77. The third-order valence-corrected chi connectivity index (χ3v) is 3.56. The second-order valence-corrected chi connectivity index (χ2v) is 4.84. The molecule has 0 fully saturated rings. The largest absolute Gasteiger partial charge is 0.472 e. The molecule has 0 aliphatic rings.